The lowest BCUT2D eigenvalue weighted by Crippen LogP contribution is -2.50. The van der Waals surface area contributed by atoms with Gasteiger partial charge in [-0.2, -0.15) is 0 Å². The molecule has 0 radical (unpaired) electrons. The molecule has 32 heavy (non-hydrogen) atoms. The zero-order valence-corrected chi connectivity index (χ0v) is 18.6. The Bertz CT molecular complexity index is 1330. The quantitative estimate of drug-likeness (QED) is 0.674. The maximum atomic E-state index is 13.2. The predicted molar refractivity (Wildman–Crippen MR) is 126 cm³/mol. The van der Waals surface area contributed by atoms with Crippen LogP contribution in [0.4, 0.5) is 0 Å². The van der Waals surface area contributed by atoms with Gasteiger partial charge in [-0.05, 0) is 24.6 Å². The van der Waals surface area contributed by atoms with Crippen LogP contribution in [0.15, 0.2) is 82.9 Å². The Hall–Kier alpha value is -3.58. The van der Waals surface area contributed by atoms with Crippen LogP contribution in [0.25, 0.3) is 5.70 Å². The molecule has 0 saturated heterocycles. The maximum Gasteiger partial charge on any atom is 0.276 e. The van der Waals surface area contributed by atoms with Gasteiger partial charge in [-0.3, -0.25) is 15.1 Å². The van der Waals surface area contributed by atoms with Crippen LogP contribution < -0.4 is 20.6 Å². The molecule has 2 aliphatic heterocycles. The van der Waals surface area contributed by atoms with E-state index in [4.69, 9.17) is 14.8 Å². The number of hydrogen-bond acceptors (Lipinski definition) is 6. The van der Waals surface area contributed by atoms with Gasteiger partial charge in [0, 0.05) is 16.5 Å². The van der Waals surface area contributed by atoms with Crippen molar-refractivity contribution in [3.8, 4) is 5.75 Å². The zero-order chi connectivity index (χ0) is 22.1. The molecule has 5 rings (SSSR count). The number of aryl methyl sites for hydroxylation is 1. The highest BCUT2D eigenvalue weighted by atomic mass is 32.2. The highest BCUT2D eigenvalue weighted by molar-refractivity contribution is 8.13. The lowest BCUT2D eigenvalue weighted by Gasteiger charge is -2.34. The third kappa shape index (κ3) is 3.76. The molecule has 160 valence electrons. The monoisotopic (exact) mass is 442 g/mol. The van der Waals surface area contributed by atoms with Crippen molar-refractivity contribution in [2.45, 2.75) is 18.8 Å². The van der Waals surface area contributed by atoms with Crippen LogP contribution in [-0.4, -0.2) is 23.2 Å². The van der Waals surface area contributed by atoms with Crippen molar-refractivity contribution in [3.05, 3.63) is 100 Å². The summed E-state index contributed by atoms with van der Waals surface area (Å²) in [6.07, 6.45) is -0.503. The molecule has 6 nitrogen and oxygen atoms in total. The number of amides is 1. The number of carbonyl (C=O) groups is 1. The summed E-state index contributed by atoms with van der Waals surface area (Å²) in [5.74, 6) is 1.22. The molecule has 1 N–H and O–H groups in total. The zero-order valence-electron chi connectivity index (χ0n) is 17.8. The second kappa shape index (κ2) is 8.51. The molecule has 2 heterocycles. The normalized spacial score (nSPS) is 17.0. The number of methoxy groups -OCH3 is 1. The Morgan fingerprint density at radius 3 is 2.59 bits per heavy atom. The first kappa shape index (κ1) is 20.3. The van der Waals surface area contributed by atoms with E-state index in [0.717, 1.165) is 16.1 Å². The van der Waals surface area contributed by atoms with Crippen LogP contribution in [0.3, 0.4) is 0 Å². The standard InChI is InChI=1S/C25H22N4O2S/c1-16-11-13-17(14-12-16)15-32-25-27-24(30)22-18-7-3-5-9-20(18)26-23(29(22)28-25)19-8-4-6-10-21(19)31-2/h3-14,23H,15H2,1-2H3,(H,27,28,30). The van der Waals surface area contributed by atoms with Gasteiger partial charge in [0.25, 0.3) is 5.91 Å². The van der Waals surface area contributed by atoms with Crippen molar-refractivity contribution in [2.75, 3.05) is 7.11 Å². The number of ether oxygens (including phenoxy) is 1. The Morgan fingerprint density at radius 1 is 1.03 bits per heavy atom. The molecule has 2 aliphatic rings. The fraction of sp³-hybridized carbons (Fsp3) is 0.160. The molecule has 3 aromatic carbocycles. The Labute approximate surface area is 190 Å². The average Bonchev–Trinajstić information content (AvgIpc) is 2.83. The summed E-state index contributed by atoms with van der Waals surface area (Å²) in [5, 5.41) is 11.6. The molecule has 0 spiro atoms. The third-order valence-corrected chi connectivity index (χ3v) is 6.36. The number of hydrogen-bond donors (Lipinski definition) is 1. The molecule has 0 fully saturated rings. The number of thioether (sulfide) groups is 1. The summed E-state index contributed by atoms with van der Waals surface area (Å²) in [4.78, 5) is 18.2. The van der Waals surface area contributed by atoms with Gasteiger partial charge in [0.05, 0.1) is 12.5 Å². The van der Waals surface area contributed by atoms with Gasteiger partial charge in [-0.15, -0.1) is 5.10 Å². The Kier molecular flexibility index (Phi) is 5.41. The minimum atomic E-state index is -0.503. The molecule has 3 aromatic rings. The molecular weight excluding hydrogens is 420 g/mol. The fourth-order valence-corrected chi connectivity index (χ4v) is 4.62. The first-order chi connectivity index (χ1) is 15.6. The van der Waals surface area contributed by atoms with E-state index in [1.807, 2.05) is 48.5 Å². The minimum absolute atomic E-state index is 0.186. The number of fused-ring (bicyclic) bond motifs is 2. The van der Waals surface area contributed by atoms with E-state index in [9.17, 15) is 4.79 Å². The topological polar surface area (TPSA) is 66.3 Å². The third-order valence-electron chi connectivity index (χ3n) is 5.43. The van der Waals surface area contributed by atoms with Crippen molar-refractivity contribution in [1.82, 2.24) is 10.3 Å². The fourth-order valence-electron chi connectivity index (χ4n) is 3.81. The molecule has 0 bridgehead atoms. The Balaban J connectivity index is 1.57. The summed E-state index contributed by atoms with van der Waals surface area (Å²) >= 11 is 1.49. The summed E-state index contributed by atoms with van der Waals surface area (Å²) in [7, 11) is 1.63. The summed E-state index contributed by atoms with van der Waals surface area (Å²) < 4.78 is 5.58. The van der Waals surface area contributed by atoms with Crippen LogP contribution >= 0.6 is 11.8 Å². The lowest BCUT2D eigenvalue weighted by atomic mass is 10.1. The van der Waals surface area contributed by atoms with Gasteiger partial charge in [0.1, 0.15) is 11.4 Å². The van der Waals surface area contributed by atoms with Crippen molar-refractivity contribution >= 4 is 28.5 Å². The van der Waals surface area contributed by atoms with Gasteiger partial charge in [-0.25, -0.2) is 5.01 Å². The largest absolute Gasteiger partial charge is 0.496 e. The number of nitrogens with one attached hydrogen (secondary N) is 1. The minimum Gasteiger partial charge on any atom is -0.496 e. The van der Waals surface area contributed by atoms with Crippen LogP contribution in [0.5, 0.6) is 5.75 Å². The van der Waals surface area contributed by atoms with Crippen molar-refractivity contribution in [2.24, 2.45) is 10.1 Å². The predicted octanol–water partition coefficient (Wildman–Crippen LogP) is 3.08. The number of para-hydroxylation sites is 2. The molecule has 0 aliphatic carbocycles. The summed E-state index contributed by atoms with van der Waals surface area (Å²) in [6.45, 7) is 2.06. The molecule has 7 heteroatoms. The lowest BCUT2D eigenvalue weighted by molar-refractivity contribution is -0.116. The maximum absolute atomic E-state index is 13.2. The number of hydrazone groups is 1. The molecule has 1 atom stereocenters. The first-order valence-electron chi connectivity index (χ1n) is 10.3. The van der Waals surface area contributed by atoms with Crippen molar-refractivity contribution in [1.29, 1.82) is 0 Å². The van der Waals surface area contributed by atoms with Gasteiger partial charge < -0.3 is 4.74 Å². The SMILES string of the molecule is COc1ccccc1C1N=c2ccccc2=C2C(=O)NC(SCc3ccc(C)cc3)=NN21. The first-order valence-corrected chi connectivity index (χ1v) is 11.3. The second-order valence-electron chi connectivity index (χ2n) is 7.59. The Morgan fingerprint density at radius 2 is 1.78 bits per heavy atom. The van der Waals surface area contributed by atoms with Crippen molar-refractivity contribution < 1.29 is 9.53 Å². The highest BCUT2D eigenvalue weighted by Crippen LogP contribution is 2.35. The summed E-state index contributed by atoms with van der Waals surface area (Å²) in [5.41, 5.74) is 3.73. The molecule has 1 amide bonds. The van der Waals surface area contributed by atoms with Gasteiger partial charge >= 0.3 is 0 Å². The summed E-state index contributed by atoms with van der Waals surface area (Å²) in [6, 6.07) is 23.7. The van der Waals surface area contributed by atoms with E-state index in [2.05, 4.69) is 36.5 Å². The van der Waals surface area contributed by atoms with E-state index in [1.54, 1.807) is 12.1 Å². The molecular formula is C25H22N4O2S. The number of benzene rings is 3. The number of nitrogens with zero attached hydrogens (tertiary/aromatic N) is 3. The van der Waals surface area contributed by atoms with Gasteiger partial charge in [0.2, 0.25) is 0 Å². The number of rotatable bonds is 4. The molecule has 0 aromatic heterocycles. The van der Waals surface area contributed by atoms with E-state index in [1.165, 1.54) is 22.9 Å². The number of amidine groups is 1. The average molecular weight is 443 g/mol. The van der Waals surface area contributed by atoms with Crippen LogP contribution in [-0.2, 0) is 10.5 Å². The van der Waals surface area contributed by atoms with E-state index >= 15 is 0 Å². The van der Waals surface area contributed by atoms with Gasteiger partial charge in [-0.1, -0.05) is 78.0 Å². The van der Waals surface area contributed by atoms with E-state index in [0.29, 0.717) is 22.4 Å². The van der Waals surface area contributed by atoms with Crippen molar-refractivity contribution in [3.63, 3.8) is 0 Å². The molecule has 0 saturated carbocycles. The molecule has 1 unspecified atom stereocenters. The van der Waals surface area contributed by atoms with E-state index < -0.39 is 6.17 Å². The smallest absolute Gasteiger partial charge is 0.276 e. The van der Waals surface area contributed by atoms with Crippen LogP contribution in [0, 0.1) is 6.92 Å². The van der Waals surface area contributed by atoms with Crippen LogP contribution in [0.2, 0.25) is 0 Å². The number of carbonyl (C=O) groups excluding carboxylic acids is 1. The second-order valence-corrected chi connectivity index (χ2v) is 8.55. The highest BCUT2D eigenvalue weighted by Gasteiger charge is 2.35. The van der Waals surface area contributed by atoms with Crippen LogP contribution in [0.1, 0.15) is 22.9 Å². The van der Waals surface area contributed by atoms with Gasteiger partial charge in [0.15, 0.2) is 11.3 Å². The van der Waals surface area contributed by atoms with E-state index in [-0.39, 0.29) is 5.91 Å².